The van der Waals surface area contributed by atoms with Crippen LogP contribution < -0.4 is 0 Å². The minimum Gasteiger partial charge on any atom is -0.449 e. The number of nitrogens with zero attached hydrogens (tertiary/aromatic N) is 1. The highest BCUT2D eigenvalue weighted by Gasteiger charge is 2.86. The average molecular weight is 506 g/mol. The Labute approximate surface area is 219 Å². The lowest BCUT2D eigenvalue weighted by Gasteiger charge is -2.69. The van der Waals surface area contributed by atoms with Crippen LogP contribution in [0.4, 0.5) is 0 Å². The first-order valence-electron chi connectivity index (χ1n) is 14.2. The van der Waals surface area contributed by atoms with Gasteiger partial charge in [0.15, 0.2) is 17.2 Å². The number of carbonyl (C=O) groups is 3. The maximum absolute atomic E-state index is 14.6. The number of epoxide rings is 1. The number of carbonyl (C=O) groups excluding carboxylic acids is 3. The van der Waals surface area contributed by atoms with E-state index in [2.05, 4.69) is 40.7 Å². The Kier molecular flexibility index (Phi) is 3.96. The summed E-state index contributed by atoms with van der Waals surface area (Å²) in [4.78, 5) is 41.8. The van der Waals surface area contributed by atoms with Crippen LogP contribution in [0.2, 0.25) is 0 Å². The van der Waals surface area contributed by atoms with Gasteiger partial charge in [-0.15, -0.1) is 0 Å². The fraction of sp³-hybridized carbons (Fsp3) is 0.806. The van der Waals surface area contributed by atoms with Crippen molar-refractivity contribution in [1.82, 2.24) is 0 Å². The van der Waals surface area contributed by atoms with Crippen molar-refractivity contribution in [2.45, 2.75) is 111 Å². The van der Waals surface area contributed by atoms with Gasteiger partial charge in [0.25, 0.3) is 0 Å². The van der Waals surface area contributed by atoms with Crippen LogP contribution >= 0.6 is 0 Å². The summed E-state index contributed by atoms with van der Waals surface area (Å²) in [5.74, 6) is -0.527. The Morgan fingerprint density at radius 3 is 2.27 bits per heavy atom. The lowest BCUT2D eigenvalue weighted by Crippen LogP contribution is -2.72. The van der Waals surface area contributed by atoms with Crippen LogP contribution in [0.15, 0.2) is 11.6 Å². The fourth-order valence-corrected chi connectivity index (χ4v) is 11.3. The number of esters is 1. The molecule has 2 aliphatic heterocycles. The van der Waals surface area contributed by atoms with Gasteiger partial charge in [0, 0.05) is 22.2 Å². The Balaban J connectivity index is 1.45. The summed E-state index contributed by atoms with van der Waals surface area (Å²) < 4.78 is 12.5. The molecule has 2 heterocycles. The molecule has 5 aliphatic carbocycles. The van der Waals surface area contributed by atoms with E-state index in [1.165, 1.54) is 0 Å². The third-order valence-electron chi connectivity index (χ3n) is 13.5. The Bertz CT molecular complexity index is 1290. The minimum atomic E-state index is -1.43. The Morgan fingerprint density at radius 2 is 1.59 bits per heavy atom. The number of hydrogen-bond donors (Lipinski definition) is 0. The van der Waals surface area contributed by atoms with Crippen LogP contribution in [-0.2, 0) is 23.9 Å². The van der Waals surface area contributed by atoms with Gasteiger partial charge < -0.3 is 9.47 Å². The first-order chi connectivity index (χ1) is 17.0. The number of ketones is 2. The van der Waals surface area contributed by atoms with Gasteiger partial charge in [-0.2, -0.15) is 5.26 Å². The molecule has 1 unspecified atom stereocenters. The predicted molar refractivity (Wildman–Crippen MR) is 134 cm³/mol. The molecule has 6 nitrogen and oxygen atoms in total. The first-order valence-corrected chi connectivity index (χ1v) is 14.2. The molecule has 0 aromatic carbocycles. The molecule has 198 valence electrons. The summed E-state index contributed by atoms with van der Waals surface area (Å²) in [6, 6.07) is 2.23. The molecule has 0 aromatic heterocycles. The molecule has 1 spiro atoms. The smallest absolute Gasteiger partial charge is 0.313 e. The number of rotatable bonds is 0. The van der Waals surface area contributed by atoms with Crippen LogP contribution in [0, 0.1) is 55.7 Å². The predicted octanol–water partition coefficient (Wildman–Crippen LogP) is 5.10. The van der Waals surface area contributed by atoms with Crippen molar-refractivity contribution in [3.63, 3.8) is 0 Å². The van der Waals surface area contributed by atoms with E-state index in [-0.39, 0.29) is 34.8 Å². The second kappa shape index (κ2) is 6.09. The topological polar surface area (TPSA) is 96.8 Å². The third-order valence-corrected chi connectivity index (χ3v) is 13.5. The molecular formula is C31H39NO5. The largest absolute Gasteiger partial charge is 0.449 e. The molecule has 6 heteroatoms. The monoisotopic (exact) mass is 505 g/mol. The molecule has 0 aromatic rings. The zero-order chi connectivity index (χ0) is 26.8. The Hall–Kier alpha value is -2.00. The molecule has 0 N–H and O–H groups in total. The van der Waals surface area contributed by atoms with Crippen LogP contribution in [0.1, 0.15) is 93.4 Å². The summed E-state index contributed by atoms with van der Waals surface area (Å²) in [6.45, 7) is 15.0. The first kappa shape index (κ1) is 24.1. The second-order valence-corrected chi connectivity index (χ2v) is 15.6. The molecule has 6 fully saturated rings. The molecule has 2 saturated heterocycles. The highest BCUT2D eigenvalue weighted by Crippen LogP contribution is 2.80. The standard InChI is InChI=1S/C31H39NO5/c1-24(2)10-12-29-13-11-27(6)26(5)9-8-17-25(3,4)21(34)30(16-32)22(36-30)28(17,7)18(26)14-20(33)31(27,19(29)15-24)37-23(29)35/h14,17,19,22H,8-13,15H2,1-7H3/t17-,19?,22+,26+,27-,28-,29-,30-,31+/m0/s1. The summed E-state index contributed by atoms with van der Waals surface area (Å²) in [5, 5.41) is 10.1. The van der Waals surface area contributed by atoms with Crippen LogP contribution in [-0.4, -0.2) is 34.8 Å². The number of Topliss-reactive ketones (excluding diaryl/α,β-unsaturated/α-hetero) is 1. The van der Waals surface area contributed by atoms with Crippen LogP contribution in [0.25, 0.3) is 0 Å². The average Bonchev–Trinajstić information content (AvgIpc) is 3.54. The number of nitriles is 1. The van der Waals surface area contributed by atoms with E-state index < -0.39 is 44.4 Å². The Morgan fingerprint density at radius 1 is 0.919 bits per heavy atom. The number of ether oxygens (including phenoxy) is 2. The molecule has 7 aliphatic rings. The van der Waals surface area contributed by atoms with Crippen LogP contribution in [0.3, 0.4) is 0 Å². The van der Waals surface area contributed by atoms with E-state index in [0.717, 1.165) is 50.5 Å². The quantitative estimate of drug-likeness (QED) is 0.336. The van der Waals surface area contributed by atoms with Crippen molar-refractivity contribution in [2.75, 3.05) is 0 Å². The van der Waals surface area contributed by atoms with E-state index in [4.69, 9.17) is 9.47 Å². The summed E-state index contributed by atoms with van der Waals surface area (Å²) >= 11 is 0. The molecule has 37 heavy (non-hydrogen) atoms. The van der Waals surface area contributed by atoms with Gasteiger partial charge >= 0.3 is 5.97 Å². The van der Waals surface area contributed by atoms with E-state index in [1.807, 2.05) is 13.8 Å². The molecular weight excluding hydrogens is 466 g/mol. The van der Waals surface area contributed by atoms with Crippen molar-refractivity contribution >= 4 is 17.5 Å². The van der Waals surface area contributed by atoms with Crippen molar-refractivity contribution in [3.05, 3.63) is 11.6 Å². The van der Waals surface area contributed by atoms with Gasteiger partial charge in [-0.3, -0.25) is 14.4 Å². The van der Waals surface area contributed by atoms with Crippen molar-refractivity contribution in [2.24, 2.45) is 44.3 Å². The van der Waals surface area contributed by atoms with E-state index in [9.17, 15) is 19.6 Å². The molecule has 9 atom stereocenters. The fourth-order valence-electron chi connectivity index (χ4n) is 11.3. The summed E-state index contributed by atoms with van der Waals surface area (Å²) in [7, 11) is 0. The highest BCUT2D eigenvalue weighted by atomic mass is 16.6. The number of hydrogen-bond acceptors (Lipinski definition) is 6. The SMILES string of the molecule is CC1(C)CC[C@@]23CC[C@@]4(C)[C@]5(C)CC[C@H]6C(C)(C)C(=O)[C@]7(C#N)O[C@@H]7[C@]6(C)C5=CC(=O)[C@]4(OC2=O)C3C1. The van der Waals surface area contributed by atoms with Gasteiger partial charge in [-0.05, 0) is 67.8 Å². The van der Waals surface area contributed by atoms with E-state index in [1.54, 1.807) is 6.08 Å². The zero-order valence-corrected chi connectivity index (χ0v) is 23.2. The molecule has 7 rings (SSSR count). The lowest BCUT2D eigenvalue weighted by molar-refractivity contribution is -0.209. The van der Waals surface area contributed by atoms with Gasteiger partial charge in [-0.1, -0.05) is 54.0 Å². The van der Waals surface area contributed by atoms with Gasteiger partial charge in [0.1, 0.15) is 12.2 Å². The molecule has 4 saturated carbocycles. The van der Waals surface area contributed by atoms with Crippen molar-refractivity contribution in [3.8, 4) is 6.07 Å². The summed E-state index contributed by atoms with van der Waals surface area (Å²) in [5.41, 5.74) is -4.43. The number of fused-ring (bicyclic) bond motifs is 6. The molecule has 0 radical (unpaired) electrons. The van der Waals surface area contributed by atoms with E-state index >= 15 is 0 Å². The minimum absolute atomic E-state index is 0.0336. The second-order valence-electron chi connectivity index (χ2n) is 15.6. The van der Waals surface area contributed by atoms with Crippen molar-refractivity contribution in [1.29, 1.82) is 5.26 Å². The third kappa shape index (κ3) is 2.12. The van der Waals surface area contributed by atoms with Gasteiger partial charge in [-0.25, -0.2) is 0 Å². The van der Waals surface area contributed by atoms with Gasteiger partial charge in [0.05, 0.1) is 5.41 Å². The van der Waals surface area contributed by atoms with E-state index in [0.29, 0.717) is 0 Å². The van der Waals surface area contributed by atoms with Gasteiger partial charge in [0.2, 0.25) is 5.60 Å². The zero-order valence-electron chi connectivity index (χ0n) is 23.2. The highest BCUT2D eigenvalue weighted by molar-refractivity contribution is 6.05. The van der Waals surface area contributed by atoms with Crippen LogP contribution in [0.5, 0.6) is 0 Å². The maximum atomic E-state index is 14.6. The summed E-state index contributed by atoms with van der Waals surface area (Å²) in [6.07, 6.45) is 6.96. The molecule has 2 bridgehead atoms. The normalized spacial score (nSPS) is 55.9. The molecule has 0 amide bonds. The van der Waals surface area contributed by atoms with Crippen molar-refractivity contribution < 1.29 is 23.9 Å². The lowest BCUT2D eigenvalue weighted by atomic mass is 9.33. The maximum Gasteiger partial charge on any atom is 0.313 e.